The molecule has 1 aliphatic heterocycles. The zero-order valence-corrected chi connectivity index (χ0v) is 19.2. The van der Waals surface area contributed by atoms with Crippen LogP contribution in [-0.4, -0.2) is 36.8 Å². The lowest BCUT2D eigenvalue weighted by molar-refractivity contribution is 0.218. The molecule has 0 aromatic rings. The van der Waals surface area contributed by atoms with Gasteiger partial charge in [0.2, 0.25) is 0 Å². The first-order valence-corrected chi connectivity index (χ1v) is 15.3. The quantitative estimate of drug-likeness (QED) is 0.498. The van der Waals surface area contributed by atoms with E-state index in [-0.39, 0.29) is 0 Å². The van der Waals surface area contributed by atoms with Crippen molar-refractivity contribution in [3.05, 3.63) is 12.4 Å². The average molecular weight is 374 g/mol. The van der Waals surface area contributed by atoms with Gasteiger partial charge < -0.3 is 9.62 Å². The molecule has 148 valence electrons. The van der Waals surface area contributed by atoms with E-state index in [1.165, 1.54) is 70.2 Å². The molecule has 2 atom stereocenters. The molecule has 26 heavy (non-hydrogen) atoms. The maximum absolute atomic E-state index is 2.79. The van der Waals surface area contributed by atoms with Crippen LogP contribution in [0.1, 0.15) is 78.1 Å². The highest BCUT2D eigenvalue weighted by Crippen LogP contribution is 2.36. The molecule has 0 amide bonds. The molecule has 3 aliphatic rings. The van der Waals surface area contributed by atoms with Crippen LogP contribution in [0.15, 0.2) is 12.4 Å². The minimum absolute atomic E-state index is 0.621. The van der Waals surface area contributed by atoms with Crippen LogP contribution in [0.2, 0.25) is 25.6 Å². The van der Waals surface area contributed by atoms with Crippen molar-refractivity contribution in [3.8, 4) is 0 Å². The summed E-state index contributed by atoms with van der Waals surface area (Å²) in [6.07, 6.45) is 19.5. The molecule has 3 rings (SSSR count). The van der Waals surface area contributed by atoms with E-state index in [2.05, 4.69) is 55.5 Å². The molecule has 1 heterocycles. The molecular weight excluding hydrogens is 331 g/mol. The van der Waals surface area contributed by atoms with E-state index in [9.17, 15) is 0 Å². The number of rotatable bonds is 6. The second kappa shape index (κ2) is 8.75. The fourth-order valence-corrected chi connectivity index (χ4v) is 7.32. The van der Waals surface area contributed by atoms with E-state index in [4.69, 9.17) is 0 Å². The second-order valence-electron chi connectivity index (χ2n) is 10.7. The maximum Gasteiger partial charge on any atom is 0.372 e. The second-order valence-corrected chi connectivity index (χ2v) is 16.2. The Morgan fingerprint density at radius 2 is 1.15 bits per heavy atom. The minimum Gasteiger partial charge on any atom is -0.398 e. The van der Waals surface area contributed by atoms with Crippen molar-refractivity contribution in [2.24, 2.45) is 11.8 Å². The molecular formula is C22H43BN2Si. The normalized spacial score (nSPS) is 25.8. The van der Waals surface area contributed by atoms with Gasteiger partial charge in [-0.25, -0.2) is 0 Å². The smallest absolute Gasteiger partial charge is 0.372 e. The van der Waals surface area contributed by atoms with Crippen molar-refractivity contribution >= 4 is 15.1 Å². The van der Waals surface area contributed by atoms with Gasteiger partial charge in [0, 0.05) is 32.6 Å². The first-order valence-electron chi connectivity index (χ1n) is 11.6. The van der Waals surface area contributed by atoms with Crippen LogP contribution in [0.5, 0.6) is 0 Å². The molecule has 2 fully saturated rings. The van der Waals surface area contributed by atoms with Crippen LogP contribution in [0.4, 0.5) is 0 Å². The molecule has 2 nitrogen and oxygen atoms in total. The number of nitrogens with zero attached hydrogens (tertiary/aromatic N) is 2. The van der Waals surface area contributed by atoms with Crippen LogP contribution in [0.25, 0.3) is 0 Å². The topological polar surface area (TPSA) is 6.48 Å². The highest BCUT2D eigenvalue weighted by molar-refractivity contribution is 6.86. The third-order valence-electron chi connectivity index (χ3n) is 7.50. The lowest BCUT2D eigenvalue weighted by Crippen LogP contribution is -2.56. The van der Waals surface area contributed by atoms with Crippen LogP contribution in [0.3, 0.4) is 0 Å². The van der Waals surface area contributed by atoms with E-state index in [0.717, 1.165) is 11.8 Å². The number of hydrogen-bond donors (Lipinski definition) is 0. The zero-order chi connectivity index (χ0) is 18.7. The Morgan fingerprint density at radius 1 is 0.769 bits per heavy atom. The first kappa shape index (κ1) is 20.4. The van der Waals surface area contributed by atoms with Gasteiger partial charge in [-0.3, -0.25) is 0 Å². The largest absolute Gasteiger partial charge is 0.398 e. The molecule has 0 radical (unpaired) electrons. The van der Waals surface area contributed by atoms with Gasteiger partial charge in [-0.15, -0.1) is 0 Å². The zero-order valence-electron chi connectivity index (χ0n) is 18.2. The Morgan fingerprint density at radius 3 is 1.50 bits per heavy atom. The monoisotopic (exact) mass is 374 g/mol. The Kier molecular flexibility index (Phi) is 6.85. The summed E-state index contributed by atoms with van der Waals surface area (Å²) in [6, 6.07) is 1.41. The third-order valence-corrected chi connectivity index (χ3v) is 9.09. The Hall–Kier alpha value is -0.378. The standard InChI is InChI=1S/C22H43BN2Si/c1-19(21-12-8-6-9-13-21)24-16-17-25(23(24)18-26(3,4)5)20(2)22-14-10-7-11-15-22/h16-17,19-22H,6-15,18H2,1-5H3/t19-,20-/m0/s1. The van der Waals surface area contributed by atoms with Gasteiger partial charge in [-0.05, 0) is 57.3 Å². The van der Waals surface area contributed by atoms with E-state index in [1.54, 1.807) is 0 Å². The van der Waals surface area contributed by atoms with Gasteiger partial charge in [0.05, 0.1) is 0 Å². The van der Waals surface area contributed by atoms with Crippen LogP contribution in [0, 0.1) is 11.8 Å². The van der Waals surface area contributed by atoms with E-state index in [0.29, 0.717) is 19.1 Å². The minimum atomic E-state index is -1.12. The van der Waals surface area contributed by atoms with Gasteiger partial charge in [-0.1, -0.05) is 58.2 Å². The van der Waals surface area contributed by atoms with Gasteiger partial charge in [0.25, 0.3) is 0 Å². The van der Waals surface area contributed by atoms with Gasteiger partial charge in [0.1, 0.15) is 0 Å². The molecule has 0 aromatic heterocycles. The van der Waals surface area contributed by atoms with E-state index in [1.807, 2.05) is 0 Å². The maximum atomic E-state index is 2.79. The summed E-state index contributed by atoms with van der Waals surface area (Å²) in [5.74, 6) is 3.21. The van der Waals surface area contributed by atoms with Crippen molar-refractivity contribution in [3.63, 3.8) is 0 Å². The molecule has 2 saturated carbocycles. The Bertz CT molecular complexity index is 429. The van der Waals surface area contributed by atoms with Crippen LogP contribution >= 0.6 is 0 Å². The molecule has 0 N–H and O–H groups in total. The van der Waals surface area contributed by atoms with E-state index < -0.39 is 8.07 Å². The molecule has 0 aromatic carbocycles. The van der Waals surface area contributed by atoms with Crippen molar-refractivity contribution in [2.45, 2.75) is 116 Å². The van der Waals surface area contributed by atoms with Crippen molar-refractivity contribution in [1.29, 1.82) is 0 Å². The summed E-state index contributed by atoms with van der Waals surface area (Å²) in [7, 11) is -1.12. The molecule has 0 unspecified atom stereocenters. The van der Waals surface area contributed by atoms with Crippen molar-refractivity contribution in [2.75, 3.05) is 0 Å². The highest BCUT2D eigenvalue weighted by Gasteiger charge is 2.43. The van der Waals surface area contributed by atoms with Gasteiger partial charge in [0.15, 0.2) is 0 Å². The first-order chi connectivity index (χ1) is 12.4. The summed E-state index contributed by atoms with van der Waals surface area (Å²) in [5.41, 5.74) is 0. The third kappa shape index (κ3) is 4.91. The summed E-state index contributed by atoms with van der Waals surface area (Å²) >= 11 is 0. The lowest BCUT2D eigenvalue weighted by atomic mass is 9.69. The molecule has 2 aliphatic carbocycles. The predicted molar refractivity (Wildman–Crippen MR) is 119 cm³/mol. The molecule has 0 spiro atoms. The van der Waals surface area contributed by atoms with Gasteiger partial charge in [-0.2, -0.15) is 0 Å². The molecule has 0 bridgehead atoms. The van der Waals surface area contributed by atoms with Crippen molar-refractivity contribution in [1.82, 2.24) is 9.62 Å². The molecule has 0 saturated heterocycles. The summed E-state index contributed by atoms with van der Waals surface area (Å²) in [5, 5.41) is 0. The van der Waals surface area contributed by atoms with E-state index >= 15 is 0 Å². The summed E-state index contributed by atoms with van der Waals surface area (Å²) in [4.78, 5) is 5.57. The number of hydrogen-bond acceptors (Lipinski definition) is 2. The lowest BCUT2D eigenvalue weighted by Gasteiger charge is -2.44. The Balaban J connectivity index is 1.73. The fourth-order valence-electron chi connectivity index (χ4n) is 5.80. The van der Waals surface area contributed by atoms with Crippen LogP contribution in [-0.2, 0) is 0 Å². The van der Waals surface area contributed by atoms with Gasteiger partial charge >= 0.3 is 6.98 Å². The van der Waals surface area contributed by atoms with Crippen LogP contribution < -0.4 is 0 Å². The predicted octanol–water partition coefficient (Wildman–Crippen LogP) is 6.38. The molecule has 4 heteroatoms. The SMILES string of the molecule is C[C@@H](C1CCCCC1)N1C=CN([C@@H](C)C2CCCCC2)B1C[Si](C)(C)C. The highest BCUT2D eigenvalue weighted by atomic mass is 28.3. The Labute approximate surface area is 164 Å². The fraction of sp³-hybridized carbons (Fsp3) is 0.909. The summed E-state index contributed by atoms with van der Waals surface area (Å²) in [6.45, 7) is 13.3. The average Bonchev–Trinajstić information content (AvgIpc) is 3.03. The summed E-state index contributed by atoms with van der Waals surface area (Å²) < 4.78 is 0. The van der Waals surface area contributed by atoms with Crippen molar-refractivity contribution < 1.29 is 0 Å².